The van der Waals surface area contributed by atoms with E-state index in [9.17, 15) is 0 Å². The maximum absolute atomic E-state index is 5.79. The molecule has 0 bridgehead atoms. The largest absolute Gasteiger partial charge is 0.493 e. The zero-order valence-corrected chi connectivity index (χ0v) is 12.2. The first-order valence-corrected chi connectivity index (χ1v) is 7.32. The van der Waals surface area contributed by atoms with Crippen LogP contribution in [0.15, 0.2) is 53.0 Å². The van der Waals surface area contributed by atoms with E-state index < -0.39 is 0 Å². The van der Waals surface area contributed by atoms with Crippen LogP contribution in [-0.4, -0.2) is 6.61 Å². The number of fused-ring (bicyclic) bond motifs is 1. The van der Waals surface area contributed by atoms with Crippen molar-refractivity contribution >= 4 is 15.9 Å². The Hall–Kier alpha value is -1.32. The van der Waals surface area contributed by atoms with Crippen LogP contribution in [0.5, 0.6) is 5.75 Å². The third-order valence-corrected chi connectivity index (χ3v) is 3.93. The zero-order chi connectivity index (χ0) is 13.1. The highest BCUT2D eigenvalue weighted by Gasteiger charge is 2.20. The van der Waals surface area contributed by atoms with Gasteiger partial charge in [-0.3, -0.25) is 0 Å². The Balaban J connectivity index is 1.57. The Morgan fingerprint density at radius 1 is 1.16 bits per heavy atom. The van der Waals surface area contributed by atoms with Crippen LogP contribution in [0.3, 0.4) is 0 Å². The molecule has 0 spiro atoms. The molecule has 0 aliphatic carbocycles. The van der Waals surface area contributed by atoms with Crippen molar-refractivity contribution in [3.8, 4) is 5.75 Å². The molecular formula is C16H16BrNO. The summed E-state index contributed by atoms with van der Waals surface area (Å²) in [5.41, 5.74) is 2.83. The number of rotatable bonds is 4. The maximum atomic E-state index is 5.79. The molecule has 1 unspecified atom stereocenters. The standard InChI is InChI=1S/C16H16BrNO/c17-13-5-3-6-14(10-13)19-9-8-16-15-7-2-1-4-12(15)11-18-16/h1-7,10,16,18H,8-9,11H2. The van der Waals surface area contributed by atoms with Gasteiger partial charge in [0.05, 0.1) is 6.61 Å². The minimum absolute atomic E-state index is 0.420. The zero-order valence-electron chi connectivity index (χ0n) is 10.6. The van der Waals surface area contributed by atoms with Crippen molar-refractivity contribution in [1.29, 1.82) is 0 Å². The highest BCUT2D eigenvalue weighted by molar-refractivity contribution is 9.10. The van der Waals surface area contributed by atoms with E-state index in [1.807, 2.05) is 24.3 Å². The highest BCUT2D eigenvalue weighted by Crippen LogP contribution is 2.27. The molecule has 1 aliphatic heterocycles. The number of halogens is 1. The van der Waals surface area contributed by atoms with Gasteiger partial charge in [0.2, 0.25) is 0 Å². The molecule has 1 heterocycles. The lowest BCUT2D eigenvalue weighted by Crippen LogP contribution is -2.15. The molecule has 3 heteroatoms. The van der Waals surface area contributed by atoms with Gasteiger partial charge >= 0.3 is 0 Å². The summed E-state index contributed by atoms with van der Waals surface area (Å²) < 4.78 is 6.84. The molecule has 0 aromatic heterocycles. The molecule has 0 amide bonds. The second-order valence-corrected chi connectivity index (χ2v) is 5.64. The van der Waals surface area contributed by atoms with Gasteiger partial charge in [0.1, 0.15) is 5.75 Å². The van der Waals surface area contributed by atoms with Crippen LogP contribution in [0, 0.1) is 0 Å². The first kappa shape index (κ1) is 12.7. The molecule has 3 rings (SSSR count). The summed E-state index contributed by atoms with van der Waals surface area (Å²) in [6.07, 6.45) is 0.990. The van der Waals surface area contributed by atoms with Gasteiger partial charge in [-0.1, -0.05) is 46.3 Å². The van der Waals surface area contributed by atoms with Gasteiger partial charge in [0, 0.05) is 23.5 Å². The Bertz CT molecular complexity index is 570. The van der Waals surface area contributed by atoms with E-state index in [1.165, 1.54) is 11.1 Å². The minimum Gasteiger partial charge on any atom is -0.493 e. The van der Waals surface area contributed by atoms with Crippen LogP contribution in [0.4, 0.5) is 0 Å². The molecule has 98 valence electrons. The van der Waals surface area contributed by atoms with Gasteiger partial charge in [-0.05, 0) is 29.3 Å². The predicted octanol–water partition coefficient (Wildman–Crippen LogP) is 4.06. The number of hydrogen-bond acceptors (Lipinski definition) is 2. The summed E-state index contributed by atoms with van der Waals surface area (Å²) >= 11 is 3.45. The van der Waals surface area contributed by atoms with Crippen molar-refractivity contribution in [2.45, 2.75) is 19.0 Å². The van der Waals surface area contributed by atoms with E-state index in [4.69, 9.17) is 4.74 Å². The van der Waals surface area contributed by atoms with E-state index >= 15 is 0 Å². The molecular weight excluding hydrogens is 302 g/mol. The molecule has 0 fully saturated rings. The molecule has 2 aromatic carbocycles. The fraction of sp³-hybridized carbons (Fsp3) is 0.250. The van der Waals surface area contributed by atoms with Crippen LogP contribution < -0.4 is 10.1 Å². The summed E-state index contributed by atoms with van der Waals surface area (Å²) in [7, 11) is 0. The highest BCUT2D eigenvalue weighted by atomic mass is 79.9. The van der Waals surface area contributed by atoms with Crippen LogP contribution in [-0.2, 0) is 6.54 Å². The maximum Gasteiger partial charge on any atom is 0.120 e. The summed E-state index contributed by atoms with van der Waals surface area (Å²) in [6, 6.07) is 17.0. The van der Waals surface area contributed by atoms with Gasteiger partial charge < -0.3 is 10.1 Å². The van der Waals surface area contributed by atoms with Crippen molar-refractivity contribution in [1.82, 2.24) is 5.32 Å². The van der Waals surface area contributed by atoms with E-state index in [1.54, 1.807) is 0 Å². The first-order chi connectivity index (χ1) is 9.33. The molecule has 1 aliphatic rings. The number of ether oxygens (including phenoxy) is 1. The quantitative estimate of drug-likeness (QED) is 0.918. The molecule has 19 heavy (non-hydrogen) atoms. The van der Waals surface area contributed by atoms with Gasteiger partial charge in [-0.15, -0.1) is 0 Å². The van der Waals surface area contributed by atoms with E-state index in [0.717, 1.165) is 29.8 Å². The second-order valence-electron chi connectivity index (χ2n) is 4.73. The lowest BCUT2D eigenvalue weighted by Gasteiger charge is -2.13. The molecule has 0 saturated carbocycles. The van der Waals surface area contributed by atoms with Crippen LogP contribution in [0.2, 0.25) is 0 Å². The monoisotopic (exact) mass is 317 g/mol. The summed E-state index contributed by atoms with van der Waals surface area (Å²) in [4.78, 5) is 0. The Morgan fingerprint density at radius 2 is 2.05 bits per heavy atom. The van der Waals surface area contributed by atoms with Crippen molar-refractivity contribution in [2.75, 3.05) is 6.61 Å². The number of benzene rings is 2. The van der Waals surface area contributed by atoms with Crippen LogP contribution in [0.25, 0.3) is 0 Å². The lowest BCUT2D eigenvalue weighted by molar-refractivity contribution is 0.290. The van der Waals surface area contributed by atoms with Crippen LogP contribution >= 0.6 is 15.9 Å². The first-order valence-electron chi connectivity index (χ1n) is 6.52. The fourth-order valence-corrected chi connectivity index (χ4v) is 2.87. The van der Waals surface area contributed by atoms with Crippen molar-refractivity contribution in [3.05, 3.63) is 64.1 Å². The van der Waals surface area contributed by atoms with Gasteiger partial charge in [0.25, 0.3) is 0 Å². The van der Waals surface area contributed by atoms with Crippen molar-refractivity contribution in [2.24, 2.45) is 0 Å². The van der Waals surface area contributed by atoms with E-state index in [-0.39, 0.29) is 0 Å². The summed E-state index contributed by atoms with van der Waals surface area (Å²) in [5.74, 6) is 0.917. The fourth-order valence-electron chi connectivity index (χ4n) is 2.49. The SMILES string of the molecule is Brc1cccc(OCCC2NCc3ccccc32)c1. The normalized spacial score (nSPS) is 17.2. The Kier molecular flexibility index (Phi) is 3.85. The Morgan fingerprint density at radius 3 is 2.95 bits per heavy atom. The second kappa shape index (κ2) is 5.76. The average molecular weight is 318 g/mol. The average Bonchev–Trinajstić information content (AvgIpc) is 2.83. The number of nitrogens with one attached hydrogen (secondary N) is 1. The molecule has 1 atom stereocenters. The van der Waals surface area contributed by atoms with Crippen LogP contribution in [0.1, 0.15) is 23.6 Å². The number of hydrogen-bond donors (Lipinski definition) is 1. The molecule has 0 saturated heterocycles. The summed E-state index contributed by atoms with van der Waals surface area (Å²) in [6.45, 7) is 1.69. The van der Waals surface area contributed by atoms with Gasteiger partial charge in [-0.2, -0.15) is 0 Å². The van der Waals surface area contributed by atoms with Gasteiger partial charge in [0.15, 0.2) is 0 Å². The minimum atomic E-state index is 0.420. The smallest absolute Gasteiger partial charge is 0.120 e. The third kappa shape index (κ3) is 2.99. The van der Waals surface area contributed by atoms with E-state index in [0.29, 0.717) is 6.04 Å². The molecule has 0 radical (unpaired) electrons. The van der Waals surface area contributed by atoms with Crippen molar-refractivity contribution in [3.63, 3.8) is 0 Å². The molecule has 2 aromatic rings. The third-order valence-electron chi connectivity index (χ3n) is 3.44. The predicted molar refractivity (Wildman–Crippen MR) is 80.3 cm³/mol. The van der Waals surface area contributed by atoms with Gasteiger partial charge in [-0.25, -0.2) is 0 Å². The van der Waals surface area contributed by atoms with E-state index in [2.05, 4.69) is 45.5 Å². The molecule has 1 N–H and O–H groups in total. The lowest BCUT2D eigenvalue weighted by atomic mass is 10.0. The molecule has 2 nitrogen and oxygen atoms in total. The topological polar surface area (TPSA) is 21.3 Å². The Labute approximate surface area is 121 Å². The van der Waals surface area contributed by atoms with Crippen molar-refractivity contribution < 1.29 is 4.74 Å². The summed E-state index contributed by atoms with van der Waals surface area (Å²) in [5, 5.41) is 3.53.